The van der Waals surface area contributed by atoms with E-state index in [2.05, 4.69) is 10.0 Å². The van der Waals surface area contributed by atoms with Crippen LogP contribution < -0.4 is 15.8 Å². The van der Waals surface area contributed by atoms with Gasteiger partial charge in [-0.05, 0) is 75.1 Å². The predicted octanol–water partition coefficient (Wildman–Crippen LogP) is 1.82. The molecule has 3 rings (SSSR count). The number of nitrogens with two attached hydrogens (primary N) is 1. The number of hydrogen-bond acceptors (Lipinski definition) is 5. The van der Waals surface area contributed by atoms with E-state index in [0.29, 0.717) is 24.6 Å². The molecule has 0 aliphatic heterocycles. The van der Waals surface area contributed by atoms with Crippen LogP contribution in [0.15, 0.2) is 29.2 Å². The van der Waals surface area contributed by atoms with Crippen molar-refractivity contribution in [3.63, 3.8) is 0 Å². The molecule has 0 spiro atoms. The van der Waals surface area contributed by atoms with Crippen molar-refractivity contribution >= 4 is 27.5 Å². The molecule has 1 aromatic carbocycles. The Balaban J connectivity index is 1.52. The van der Waals surface area contributed by atoms with Gasteiger partial charge in [0.1, 0.15) is 0 Å². The van der Waals surface area contributed by atoms with Crippen LogP contribution in [-0.4, -0.2) is 50.3 Å². The van der Waals surface area contributed by atoms with Gasteiger partial charge in [0.25, 0.3) is 0 Å². The third-order valence-corrected chi connectivity index (χ3v) is 7.88. The molecule has 2 aliphatic carbocycles. The highest BCUT2D eigenvalue weighted by molar-refractivity contribution is 7.89. The van der Waals surface area contributed by atoms with E-state index in [1.165, 1.54) is 25.5 Å². The van der Waals surface area contributed by atoms with E-state index in [-0.39, 0.29) is 28.7 Å². The predicted molar refractivity (Wildman–Crippen MR) is 115 cm³/mol. The van der Waals surface area contributed by atoms with Crippen LogP contribution in [0.3, 0.4) is 0 Å². The highest BCUT2D eigenvalue weighted by atomic mass is 32.2. The molecule has 0 radical (unpaired) electrons. The fourth-order valence-electron chi connectivity index (χ4n) is 4.20. The molecule has 2 fully saturated rings. The van der Waals surface area contributed by atoms with Gasteiger partial charge in [-0.3, -0.25) is 9.59 Å². The molecule has 8 nitrogen and oxygen atoms in total. The summed E-state index contributed by atoms with van der Waals surface area (Å²) in [5.74, 6) is -0.128. The molecule has 0 saturated heterocycles. The number of nitrogens with one attached hydrogen (secondary N) is 2. The summed E-state index contributed by atoms with van der Waals surface area (Å²) in [5.41, 5.74) is 6.81. The molecule has 0 heterocycles. The maximum atomic E-state index is 12.7. The lowest BCUT2D eigenvalue weighted by Crippen LogP contribution is -2.52. The largest absolute Gasteiger partial charge is 0.341 e. The van der Waals surface area contributed by atoms with Crippen LogP contribution in [0.5, 0.6) is 0 Å². The topological polar surface area (TPSA) is 122 Å². The van der Waals surface area contributed by atoms with Crippen LogP contribution in [0.4, 0.5) is 5.69 Å². The van der Waals surface area contributed by atoms with Crippen LogP contribution in [0.25, 0.3) is 0 Å². The minimum Gasteiger partial charge on any atom is -0.341 e. The first-order valence-electron chi connectivity index (χ1n) is 10.6. The first-order chi connectivity index (χ1) is 14.2. The van der Waals surface area contributed by atoms with Crippen molar-refractivity contribution in [3.05, 3.63) is 24.3 Å². The molecule has 2 aliphatic rings. The molecular weight excluding hydrogens is 404 g/mol. The van der Waals surface area contributed by atoms with Gasteiger partial charge >= 0.3 is 0 Å². The zero-order chi connectivity index (χ0) is 21.9. The fourth-order valence-corrected chi connectivity index (χ4v) is 5.50. The van der Waals surface area contributed by atoms with E-state index in [4.69, 9.17) is 5.73 Å². The summed E-state index contributed by atoms with van der Waals surface area (Å²) in [4.78, 5) is 25.7. The number of hydrogen-bond donors (Lipinski definition) is 3. The average Bonchev–Trinajstić information content (AvgIpc) is 2.65. The minimum atomic E-state index is -3.65. The molecular formula is C21H32N4O4S. The minimum absolute atomic E-state index is 0.00277. The summed E-state index contributed by atoms with van der Waals surface area (Å²) < 4.78 is 28.1. The SMILES string of the molecule is CC(=O)Nc1ccc(S(=O)(=O)NC2CCC([C@H](N)C(=O)N(C)C3CCC3)CC2)cc1. The Bertz CT molecular complexity index is 859. The second kappa shape index (κ2) is 9.45. The Morgan fingerprint density at radius 1 is 1.07 bits per heavy atom. The number of sulfonamides is 1. The molecule has 30 heavy (non-hydrogen) atoms. The second-order valence-electron chi connectivity index (χ2n) is 8.50. The molecule has 0 unspecified atom stereocenters. The summed E-state index contributed by atoms with van der Waals surface area (Å²) in [7, 11) is -1.81. The smallest absolute Gasteiger partial charge is 0.240 e. The van der Waals surface area contributed by atoms with Gasteiger partial charge in [-0.25, -0.2) is 13.1 Å². The Hall–Kier alpha value is -1.97. The normalized spacial score (nSPS) is 23.3. The van der Waals surface area contributed by atoms with Gasteiger partial charge in [-0.1, -0.05) is 0 Å². The first-order valence-corrected chi connectivity index (χ1v) is 12.1. The maximum Gasteiger partial charge on any atom is 0.240 e. The molecule has 0 aromatic heterocycles. The van der Waals surface area contributed by atoms with Crippen LogP contribution >= 0.6 is 0 Å². The Morgan fingerprint density at radius 2 is 1.67 bits per heavy atom. The molecule has 4 N–H and O–H groups in total. The van der Waals surface area contributed by atoms with E-state index in [1.54, 1.807) is 17.0 Å². The maximum absolute atomic E-state index is 12.7. The van der Waals surface area contributed by atoms with E-state index < -0.39 is 16.1 Å². The summed E-state index contributed by atoms with van der Waals surface area (Å²) in [6, 6.07) is 5.71. The summed E-state index contributed by atoms with van der Waals surface area (Å²) in [6.45, 7) is 1.40. The number of amides is 2. The molecule has 1 aromatic rings. The fraction of sp³-hybridized carbons (Fsp3) is 0.619. The third kappa shape index (κ3) is 5.39. The number of carbonyl (C=O) groups excluding carboxylic acids is 2. The van der Waals surface area contributed by atoms with Crippen molar-refractivity contribution in [1.29, 1.82) is 0 Å². The van der Waals surface area contributed by atoms with Gasteiger partial charge < -0.3 is 16.0 Å². The standard InChI is InChI=1S/C21H32N4O4S/c1-14(26)23-16-10-12-19(13-11-16)30(28,29)24-17-8-6-15(7-9-17)20(22)21(27)25(2)18-4-3-5-18/h10-13,15,17-18,20,24H,3-9,22H2,1-2H3,(H,23,26)/t15?,17?,20-/m0/s1. The zero-order valence-electron chi connectivity index (χ0n) is 17.6. The second-order valence-corrected chi connectivity index (χ2v) is 10.2. The molecule has 2 saturated carbocycles. The summed E-state index contributed by atoms with van der Waals surface area (Å²) >= 11 is 0. The Morgan fingerprint density at radius 3 is 2.17 bits per heavy atom. The lowest BCUT2D eigenvalue weighted by molar-refractivity contribution is -0.136. The molecule has 166 valence electrons. The van der Waals surface area contributed by atoms with Crippen molar-refractivity contribution in [2.45, 2.75) is 74.9 Å². The number of rotatable bonds is 7. The van der Waals surface area contributed by atoms with Gasteiger partial charge in [0.15, 0.2) is 0 Å². The number of carbonyl (C=O) groups is 2. The number of nitrogens with zero attached hydrogens (tertiary/aromatic N) is 1. The lowest BCUT2D eigenvalue weighted by atomic mass is 9.81. The van der Waals surface area contributed by atoms with Crippen LogP contribution in [-0.2, 0) is 19.6 Å². The molecule has 2 amide bonds. The number of anilines is 1. The van der Waals surface area contributed by atoms with Crippen molar-refractivity contribution in [2.24, 2.45) is 11.7 Å². The quantitative estimate of drug-likeness (QED) is 0.602. The van der Waals surface area contributed by atoms with Crippen molar-refractivity contribution in [3.8, 4) is 0 Å². The van der Waals surface area contributed by atoms with Gasteiger partial charge in [0, 0.05) is 31.7 Å². The van der Waals surface area contributed by atoms with Crippen LogP contribution in [0.2, 0.25) is 0 Å². The first kappa shape index (κ1) is 22.7. The zero-order valence-corrected chi connectivity index (χ0v) is 18.5. The van der Waals surface area contributed by atoms with E-state index >= 15 is 0 Å². The van der Waals surface area contributed by atoms with Gasteiger partial charge in [-0.2, -0.15) is 0 Å². The molecule has 1 atom stereocenters. The van der Waals surface area contributed by atoms with Gasteiger partial charge in [0.05, 0.1) is 10.9 Å². The monoisotopic (exact) mass is 436 g/mol. The Kier molecular flexibility index (Phi) is 7.15. The number of benzene rings is 1. The van der Waals surface area contributed by atoms with E-state index in [1.807, 2.05) is 7.05 Å². The summed E-state index contributed by atoms with van der Waals surface area (Å²) in [6.07, 6.45) is 6.02. The van der Waals surface area contributed by atoms with Crippen LogP contribution in [0.1, 0.15) is 51.9 Å². The highest BCUT2D eigenvalue weighted by Gasteiger charge is 2.35. The van der Waals surface area contributed by atoms with Gasteiger partial charge in [-0.15, -0.1) is 0 Å². The highest BCUT2D eigenvalue weighted by Crippen LogP contribution is 2.30. The van der Waals surface area contributed by atoms with Crippen LogP contribution in [0, 0.1) is 5.92 Å². The van der Waals surface area contributed by atoms with Gasteiger partial charge in [0.2, 0.25) is 21.8 Å². The van der Waals surface area contributed by atoms with E-state index in [9.17, 15) is 18.0 Å². The average molecular weight is 437 g/mol. The number of likely N-dealkylation sites (N-methyl/N-ethyl adjacent to an activating group) is 1. The third-order valence-electron chi connectivity index (χ3n) is 6.34. The van der Waals surface area contributed by atoms with Crippen molar-refractivity contribution in [2.75, 3.05) is 12.4 Å². The summed E-state index contributed by atoms with van der Waals surface area (Å²) in [5, 5.41) is 2.61. The van der Waals surface area contributed by atoms with E-state index in [0.717, 1.165) is 25.7 Å². The van der Waals surface area contributed by atoms with Crippen molar-refractivity contribution in [1.82, 2.24) is 9.62 Å². The lowest BCUT2D eigenvalue weighted by Gasteiger charge is -2.38. The Labute approximate surface area is 178 Å². The molecule has 9 heteroatoms. The molecule has 0 bridgehead atoms. The van der Waals surface area contributed by atoms with Crippen molar-refractivity contribution < 1.29 is 18.0 Å².